The first-order valence-corrected chi connectivity index (χ1v) is 10.8. The Morgan fingerprint density at radius 1 is 1.20 bits per heavy atom. The zero-order valence-electron chi connectivity index (χ0n) is 18.3. The topological polar surface area (TPSA) is 79.3 Å². The van der Waals surface area contributed by atoms with Crippen molar-refractivity contribution in [2.24, 2.45) is 11.8 Å². The van der Waals surface area contributed by atoms with Crippen molar-refractivity contribution in [3.63, 3.8) is 0 Å². The number of rotatable bonds is 8. The number of ether oxygens (including phenoxy) is 2. The molecule has 2 fully saturated rings. The Labute approximate surface area is 178 Å². The maximum Gasteiger partial charge on any atom is 0.227 e. The van der Waals surface area contributed by atoms with E-state index >= 15 is 0 Å². The summed E-state index contributed by atoms with van der Waals surface area (Å²) in [7, 11) is 4.99. The Balaban J connectivity index is 1.52. The lowest BCUT2D eigenvalue weighted by molar-refractivity contribution is -0.135. The SMILES string of the molecule is COc1ccc(CCN2C[C@H](C(=O)N(C)C[C@H]3CCCC[C@@H]3O)CC2=O)cc1OC. The van der Waals surface area contributed by atoms with Crippen molar-refractivity contribution < 1.29 is 24.2 Å². The van der Waals surface area contributed by atoms with Gasteiger partial charge in [0, 0.05) is 39.0 Å². The van der Waals surface area contributed by atoms with E-state index in [0.29, 0.717) is 37.6 Å². The van der Waals surface area contributed by atoms with Gasteiger partial charge in [-0.1, -0.05) is 18.9 Å². The summed E-state index contributed by atoms with van der Waals surface area (Å²) in [5, 5.41) is 10.2. The van der Waals surface area contributed by atoms with Crippen molar-refractivity contribution >= 4 is 11.8 Å². The molecule has 1 aromatic rings. The molecule has 1 aliphatic carbocycles. The normalized spacial score (nSPS) is 24.1. The van der Waals surface area contributed by atoms with Gasteiger partial charge in [0.15, 0.2) is 11.5 Å². The van der Waals surface area contributed by atoms with Gasteiger partial charge < -0.3 is 24.4 Å². The Bertz CT molecular complexity index is 753. The molecule has 2 aliphatic rings. The van der Waals surface area contributed by atoms with E-state index in [1.165, 1.54) is 0 Å². The number of methoxy groups -OCH3 is 2. The second-order valence-corrected chi connectivity index (χ2v) is 8.51. The molecule has 0 spiro atoms. The molecule has 166 valence electrons. The predicted octanol–water partition coefficient (Wildman–Crippen LogP) is 2.10. The summed E-state index contributed by atoms with van der Waals surface area (Å²) >= 11 is 0. The summed E-state index contributed by atoms with van der Waals surface area (Å²) in [6.45, 7) is 1.60. The van der Waals surface area contributed by atoms with Gasteiger partial charge in [-0.15, -0.1) is 0 Å². The number of amides is 2. The van der Waals surface area contributed by atoms with E-state index in [-0.39, 0.29) is 36.2 Å². The second-order valence-electron chi connectivity index (χ2n) is 8.51. The first-order chi connectivity index (χ1) is 14.4. The molecule has 1 saturated heterocycles. The average Bonchev–Trinajstić information content (AvgIpc) is 3.13. The van der Waals surface area contributed by atoms with Crippen molar-refractivity contribution in [1.82, 2.24) is 9.80 Å². The molecule has 3 rings (SSSR count). The van der Waals surface area contributed by atoms with Crippen LogP contribution >= 0.6 is 0 Å². The monoisotopic (exact) mass is 418 g/mol. The van der Waals surface area contributed by atoms with Crippen molar-refractivity contribution in [3.05, 3.63) is 23.8 Å². The molecule has 0 bridgehead atoms. The van der Waals surface area contributed by atoms with Crippen LogP contribution in [-0.4, -0.2) is 73.7 Å². The number of carbonyl (C=O) groups is 2. The number of nitrogens with zero attached hydrogens (tertiary/aromatic N) is 2. The van der Waals surface area contributed by atoms with Crippen LogP contribution in [0.1, 0.15) is 37.7 Å². The number of aliphatic hydroxyl groups is 1. The summed E-state index contributed by atoms with van der Waals surface area (Å²) < 4.78 is 10.6. The van der Waals surface area contributed by atoms with Gasteiger partial charge in [0.2, 0.25) is 11.8 Å². The first-order valence-electron chi connectivity index (χ1n) is 10.8. The van der Waals surface area contributed by atoms with Gasteiger partial charge in [0.25, 0.3) is 0 Å². The fraction of sp³-hybridized carbons (Fsp3) is 0.652. The molecule has 1 saturated carbocycles. The predicted molar refractivity (Wildman–Crippen MR) is 114 cm³/mol. The van der Waals surface area contributed by atoms with Crippen LogP contribution in [0.25, 0.3) is 0 Å². The molecule has 1 N–H and O–H groups in total. The van der Waals surface area contributed by atoms with Crippen LogP contribution in [0.5, 0.6) is 11.5 Å². The van der Waals surface area contributed by atoms with Crippen molar-refractivity contribution in [1.29, 1.82) is 0 Å². The van der Waals surface area contributed by atoms with E-state index in [2.05, 4.69) is 0 Å². The highest BCUT2D eigenvalue weighted by molar-refractivity contribution is 5.89. The molecule has 0 radical (unpaired) electrons. The zero-order valence-corrected chi connectivity index (χ0v) is 18.3. The molecule has 1 heterocycles. The van der Waals surface area contributed by atoms with Crippen LogP contribution in [0.3, 0.4) is 0 Å². The third kappa shape index (κ3) is 5.25. The Morgan fingerprint density at radius 3 is 2.63 bits per heavy atom. The summed E-state index contributed by atoms with van der Waals surface area (Å²) in [6.07, 6.45) is 4.58. The van der Waals surface area contributed by atoms with Gasteiger partial charge >= 0.3 is 0 Å². The number of likely N-dealkylation sites (tertiary alicyclic amines) is 1. The number of hydrogen-bond acceptors (Lipinski definition) is 5. The lowest BCUT2D eigenvalue weighted by atomic mass is 9.86. The van der Waals surface area contributed by atoms with E-state index < -0.39 is 0 Å². The van der Waals surface area contributed by atoms with Crippen LogP contribution in [0.4, 0.5) is 0 Å². The molecule has 30 heavy (non-hydrogen) atoms. The van der Waals surface area contributed by atoms with Crippen LogP contribution in [0.15, 0.2) is 18.2 Å². The number of benzene rings is 1. The molecular formula is C23H34N2O5. The highest BCUT2D eigenvalue weighted by Gasteiger charge is 2.36. The van der Waals surface area contributed by atoms with Gasteiger partial charge in [-0.25, -0.2) is 0 Å². The molecule has 3 atom stereocenters. The van der Waals surface area contributed by atoms with Gasteiger partial charge in [-0.2, -0.15) is 0 Å². The minimum atomic E-state index is -0.322. The first kappa shape index (κ1) is 22.4. The summed E-state index contributed by atoms with van der Waals surface area (Å²) in [4.78, 5) is 28.8. The van der Waals surface area contributed by atoms with Crippen molar-refractivity contribution in [3.8, 4) is 11.5 Å². The summed E-state index contributed by atoms with van der Waals surface area (Å²) in [5.74, 6) is 1.23. The quantitative estimate of drug-likeness (QED) is 0.700. The Morgan fingerprint density at radius 2 is 1.93 bits per heavy atom. The number of aliphatic hydroxyl groups excluding tert-OH is 1. The van der Waals surface area contributed by atoms with Crippen LogP contribution < -0.4 is 9.47 Å². The lowest BCUT2D eigenvalue weighted by Gasteiger charge is -2.32. The largest absolute Gasteiger partial charge is 0.493 e. The fourth-order valence-electron chi connectivity index (χ4n) is 4.61. The summed E-state index contributed by atoms with van der Waals surface area (Å²) in [6, 6.07) is 5.75. The van der Waals surface area contributed by atoms with Gasteiger partial charge in [-0.3, -0.25) is 9.59 Å². The molecule has 2 amide bonds. The highest BCUT2D eigenvalue weighted by atomic mass is 16.5. The molecule has 7 heteroatoms. The van der Waals surface area contributed by atoms with Crippen molar-refractivity contribution in [2.75, 3.05) is 40.9 Å². The highest BCUT2D eigenvalue weighted by Crippen LogP contribution is 2.29. The van der Waals surface area contributed by atoms with Crippen LogP contribution in [0, 0.1) is 11.8 Å². The van der Waals surface area contributed by atoms with E-state index in [0.717, 1.165) is 31.2 Å². The average molecular weight is 419 g/mol. The fourth-order valence-corrected chi connectivity index (χ4v) is 4.61. The van der Waals surface area contributed by atoms with Crippen molar-refractivity contribution in [2.45, 2.75) is 44.6 Å². The summed E-state index contributed by atoms with van der Waals surface area (Å²) in [5.41, 5.74) is 1.05. The third-order valence-electron chi connectivity index (χ3n) is 6.44. The molecular weight excluding hydrogens is 384 g/mol. The smallest absolute Gasteiger partial charge is 0.227 e. The van der Waals surface area contributed by atoms with Gasteiger partial charge in [0.05, 0.1) is 26.2 Å². The molecule has 7 nitrogen and oxygen atoms in total. The third-order valence-corrected chi connectivity index (χ3v) is 6.44. The van der Waals surface area contributed by atoms with Gasteiger partial charge in [0.1, 0.15) is 0 Å². The maximum atomic E-state index is 12.9. The Hall–Kier alpha value is -2.28. The standard InChI is InChI=1S/C23H34N2O5/c1-24(14-17-6-4-5-7-19(17)26)23(28)18-13-22(27)25(15-18)11-10-16-8-9-20(29-2)21(12-16)30-3/h8-9,12,17-19,26H,4-7,10-11,13-15H2,1-3H3/t17-,18-,19+/m1/s1. The van der Waals surface area contributed by atoms with Crippen LogP contribution in [-0.2, 0) is 16.0 Å². The van der Waals surface area contributed by atoms with E-state index in [4.69, 9.17) is 9.47 Å². The number of carbonyl (C=O) groups excluding carboxylic acids is 2. The van der Waals surface area contributed by atoms with Crippen LogP contribution in [0.2, 0.25) is 0 Å². The van der Waals surface area contributed by atoms with E-state index in [1.54, 1.807) is 31.1 Å². The lowest BCUT2D eigenvalue weighted by Crippen LogP contribution is -2.41. The number of hydrogen-bond donors (Lipinski definition) is 1. The molecule has 0 unspecified atom stereocenters. The van der Waals surface area contributed by atoms with E-state index in [9.17, 15) is 14.7 Å². The maximum absolute atomic E-state index is 12.9. The second kappa shape index (κ2) is 10.2. The minimum Gasteiger partial charge on any atom is -0.493 e. The van der Waals surface area contributed by atoms with Gasteiger partial charge in [-0.05, 0) is 37.0 Å². The molecule has 0 aromatic heterocycles. The minimum absolute atomic E-state index is 0.00902. The zero-order chi connectivity index (χ0) is 21.7. The molecule has 1 aromatic carbocycles. The molecule has 1 aliphatic heterocycles. The van der Waals surface area contributed by atoms with E-state index in [1.807, 2.05) is 18.2 Å². The Kier molecular flexibility index (Phi) is 7.58.